The van der Waals surface area contributed by atoms with Gasteiger partial charge in [0.1, 0.15) is 0 Å². The number of rotatable bonds is 5. The van der Waals surface area contributed by atoms with Gasteiger partial charge in [0.05, 0.1) is 10.9 Å². The summed E-state index contributed by atoms with van der Waals surface area (Å²) in [6, 6.07) is 5.94. The van der Waals surface area contributed by atoms with Crippen molar-refractivity contribution in [3.63, 3.8) is 0 Å². The van der Waals surface area contributed by atoms with E-state index in [2.05, 4.69) is 10.6 Å². The first kappa shape index (κ1) is 18.9. The first-order chi connectivity index (χ1) is 11.4. The molecule has 6 nitrogen and oxygen atoms in total. The van der Waals surface area contributed by atoms with Crippen LogP contribution >= 0.6 is 0 Å². The van der Waals surface area contributed by atoms with E-state index in [9.17, 15) is 13.2 Å². The molecule has 1 aromatic rings. The summed E-state index contributed by atoms with van der Waals surface area (Å²) in [5, 5.41) is 11.3. The summed E-state index contributed by atoms with van der Waals surface area (Å²) >= 11 is 0. The van der Waals surface area contributed by atoms with Gasteiger partial charge >= 0.3 is 0 Å². The summed E-state index contributed by atoms with van der Waals surface area (Å²) in [5.41, 5.74) is 0.554. The maximum atomic E-state index is 12.3. The van der Waals surface area contributed by atoms with E-state index in [1.54, 1.807) is 12.1 Å². The molecule has 1 aromatic carbocycles. The van der Waals surface area contributed by atoms with Gasteiger partial charge in [-0.1, -0.05) is 32.1 Å². The maximum absolute atomic E-state index is 12.3. The first-order valence-electron chi connectivity index (χ1n) is 8.56. The van der Waals surface area contributed by atoms with Crippen molar-refractivity contribution in [1.82, 2.24) is 5.32 Å². The SMILES string of the molecule is C[C@H](NC1CCCCCCC1)C(=O)Nc1ccc(S(N)(=O)=O)cc1. The van der Waals surface area contributed by atoms with Gasteiger partial charge in [-0.2, -0.15) is 0 Å². The summed E-state index contributed by atoms with van der Waals surface area (Å²) in [7, 11) is -3.72. The van der Waals surface area contributed by atoms with Crippen LogP contribution in [0.25, 0.3) is 0 Å². The summed E-state index contributed by atoms with van der Waals surface area (Å²) in [5.74, 6) is -0.125. The lowest BCUT2D eigenvalue weighted by Gasteiger charge is -2.24. The third-order valence-electron chi connectivity index (χ3n) is 4.43. The van der Waals surface area contributed by atoms with E-state index in [0.717, 1.165) is 12.8 Å². The second-order valence-corrected chi connectivity index (χ2v) is 8.05. The molecule has 24 heavy (non-hydrogen) atoms. The molecule has 134 valence electrons. The van der Waals surface area contributed by atoms with Gasteiger partial charge in [-0.25, -0.2) is 13.6 Å². The molecule has 1 aliphatic carbocycles. The van der Waals surface area contributed by atoms with Gasteiger partial charge in [0.25, 0.3) is 0 Å². The molecule has 0 aliphatic heterocycles. The van der Waals surface area contributed by atoms with Gasteiger partial charge in [-0.05, 0) is 44.0 Å². The van der Waals surface area contributed by atoms with Gasteiger partial charge in [0, 0.05) is 11.7 Å². The van der Waals surface area contributed by atoms with Gasteiger partial charge in [0.2, 0.25) is 15.9 Å². The molecule has 1 aliphatic rings. The van der Waals surface area contributed by atoms with Crippen LogP contribution < -0.4 is 15.8 Å². The van der Waals surface area contributed by atoms with Crippen molar-refractivity contribution >= 4 is 21.6 Å². The Morgan fingerprint density at radius 1 is 1.08 bits per heavy atom. The summed E-state index contributed by atoms with van der Waals surface area (Å²) in [6.07, 6.45) is 8.50. The highest BCUT2D eigenvalue weighted by Gasteiger charge is 2.19. The highest BCUT2D eigenvalue weighted by molar-refractivity contribution is 7.89. The fourth-order valence-corrected chi connectivity index (χ4v) is 3.55. The van der Waals surface area contributed by atoms with Crippen molar-refractivity contribution in [2.24, 2.45) is 5.14 Å². The molecule has 4 N–H and O–H groups in total. The van der Waals surface area contributed by atoms with Crippen LogP contribution in [-0.4, -0.2) is 26.4 Å². The van der Waals surface area contributed by atoms with Crippen molar-refractivity contribution < 1.29 is 13.2 Å². The second kappa shape index (κ2) is 8.60. The molecule has 1 amide bonds. The van der Waals surface area contributed by atoms with Crippen LogP contribution in [0, 0.1) is 0 Å². The van der Waals surface area contributed by atoms with Crippen LogP contribution in [0.2, 0.25) is 0 Å². The van der Waals surface area contributed by atoms with Crippen LogP contribution in [0.15, 0.2) is 29.2 Å². The van der Waals surface area contributed by atoms with E-state index in [-0.39, 0.29) is 16.8 Å². The standard InChI is InChI=1S/C17H27N3O3S/c1-13(19-14-7-5-3-2-4-6-8-14)17(21)20-15-9-11-16(12-10-15)24(18,22)23/h9-14,19H,2-8H2,1H3,(H,20,21)(H2,18,22,23)/t13-/m0/s1. The zero-order chi connectivity index (χ0) is 17.6. The van der Waals surface area contributed by atoms with Crippen molar-refractivity contribution in [1.29, 1.82) is 0 Å². The molecular formula is C17H27N3O3S. The normalized spacial score (nSPS) is 18.4. The van der Waals surface area contributed by atoms with E-state index < -0.39 is 10.0 Å². The number of anilines is 1. The molecule has 0 bridgehead atoms. The predicted octanol–water partition coefficient (Wildman–Crippen LogP) is 2.36. The Balaban J connectivity index is 1.88. The van der Waals surface area contributed by atoms with Crippen LogP contribution in [0.3, 0.4) is 0 Å². The molecule has 1 saturated carbocycles. The molecule has 0 saturated heterocycles. The van der Waals surface area contributed by atoms with Gasteiger partial charge in [0.15, 0.2) is 0 Å². The summed E-state index contributed by atoms with van der Waals surface area (Å²) < 4.78 is 22.5. The highest BCUT2D eigenvalue weighted by Crippen LogP contribution is 2.18. The lowest BCUT2D eigenvalue weighted by molar-refractivity contribution is -0.118. The van der Waals surface area contributed by atoms with E-state index in [1.807, 2.05) is 6.92 Å². The van der Waals surface area contributed by atoms with Crippen molar-refractivity contribution in [2.75, 3.05) is 5.32 Å². The van der Waals surface area contributed by atoms with Crippen LogP contribution in [0.4, 0.5) is 5.69 Å². The Kier molecular flexibility index (Phi) is 6.77. The maximum Gasteiger partial charge on any atom is 0.241 e. The van der Waals surface area contributed by atoms with Crippen LogP contribution in [-0.2, 0) is 14.8 Å². The van der Waals surface area contributed by atoms with Crippen molar-refractivity contribution in [3.05, 3.63) is 24.3 Å². The number of sulfonamides is 1. The van der Waals surface area contributed by atoms with E-state index in [1.165, 1.54) is 44.2 Å². The molecule has 0 aromatic heterocycles. The molecule has 1 fully saturated rings. The predicted molar refractivity (Wildman–Crippen MR) is 95.1 cm³/mol. The molecule has 0 spiro atoms. The van der Waals surface area contributed by atoms with Crippen LogP contribution in [0.1, 0.15) is 51.9 Å². The lowest BCUT2D eigenvalue weighted by atomic mass is 9.96. The Bertz CT molecular complexity index is 636. The molecule has 0 radical (unpaired) electrons. The number of hydrogen-bond donors (Lipinski definition) is 3. The Morgan fingerprint density at radius 3 is 2.17 bits per heavy atom. The fourth-order valence-electron chi connectivity index (χ4n) is 3.03. The first-order valence-corrected chi connectivity index (χ1v) is 10.1. The number of carbonyl (C=O) groups is 1. The second-order valence-electron chi connectivity index (χ2n) is 6.49. The molecular weight excluding hydrogens is 326 g/mol. The van der Waals surface area contributed by atoms with Crippen molar-refractivity contribution in [2.45, 2.75) is 68.8 Å². The number of carbonyl (C=O) groups excluding carboxylic acids is 1. The number of nitrogens with two attached hydrogens (primary N) is 1. The minimum absolute atomic E-state index is 0.0289. The Labute approximate surface area is 144 Å². The molecule has 0 heterocycles. The number of nitrogens with one attached hydrogen (secondary N) is 2. The molecule has 1 atom stereocenters. The van der Waals surface area contributed by atoms with E-state index >= 15 is 0 Å². The minimum atomic E-state index is -3.72. The minimum Gasteiger partial charge on any atom is -0.325 e. The average molecular weight is 353 g/mol. The van der Waals surface area contributed by atoms with Gasteiger partial charge in [-0.15, -0.1) is 0 Å². The number of primary sulfonamides is 1. The van der Waals surface area contributed by atoms with Crippen molar-refractivity contribution in [3.8, 4) is 0 Å². The average Bonchev–Trinajstić information content (AvgIpc) is 2.49. The van der Waals surface area contributed by atoms with Gasteiger partial charge < -0.3 is 10.6 Å². The zero-order valence-corrected chi connectivity index (χ0v) is 14.9. The third-order valence-corrected chi connectivity index (χ3v) is 5.36. The quantitative estimate of drug-likeness (QED) is 0.756. The number of benzene rings is 1. The molecule has 0 unspecified atom stereocenters. The Morgan fingerprint density at radius 2 is 1.62 bits per heavy atom. The van der Waals surface area contributed by atoms with E-state index in [4.69, 9.17) is 5.14 Å². The lowest BCUT2D eigenvalue weighted by Crippen LogP contribution is -2.44. The van der Waals surface area contributed by atoms with E-state index in [0.29, 0.717) is 11.7 Å². The van der Waals surface area contributed by atoms with Crippen LogP contribution in [0.5, 0.6) is 0 Å². The largest absolute Gasteiger partial charge is 0.325 e. The smallest absolute Gasteiger partial charge is 0.241 e. The fraction of sp³-hybridized carbons (Fsp3) is 0.588. The topological polar surface area (TPSA) is 101 Å². The molecule has 2 rings (SSSR count). The monoisotopic (exact) mass is 353 g/mol. The summed E-state index contributed by atoms with van der Waals surface area (Å²) in [6.45, 7) is 1.85. The third kappa shape index (κ3) is 5.89. The summed E-state index contributed by atoms with van der Waals surface area (Å²) in [4.78, 5) is 12.3. The highest BCUT2D eigenvalue weighted by atomic mass is 32.2. The van der Waals surface area contributed by atoms with Gasteiger partial charge in [-0.3, -0.25) is 4.79 Å². The Hall–Kier alpha value is -1.44. The number of amides is 1. The molecule has 7 heteroatoms. The zero-order valence-electron chi connectivity index (χ0n) is 14.1. The number of hydrogen-bond acceptors (Lipinski definition) is 4.